The van der Waals surface area contributed by atoms with Crippen LogP contribution >= 0.6 is 0 Å². The number of ether oxygens (including phenoxy) is 1. The molecule has 2 aromatic carbocycles. The fourth-order valence-corrected chi connectivity index (χ4v) is 4.10. The molecule has 0 fully saturated rings. The van der Waals surface area contributed by atoms with Crippen molar-refractivity contribution in [3.63, 3.8) is 0 Å². The van der Waals surface area contributed by atoms with Crippen LogP contribution in [0.15, 0.2) is 48.5 Å². The van der Waals surface area contributed by atoms with Gasteiger partial charge < -0.3 is 20.5 Å². The van der Waals surface area contributed by atoms with Crippen LogP contribution in [0.1, 0.15) is 44.2 Å². The van der Waals surface area contributed by atoms with Crippen LogP contribution in [0.4, 0.5) is 4.79 Å². The van der Waals surface area contributed by atoms with E-state index in [2.05, 4.69) is 22.8 Å². The Bertz CT molecular complexity index is 942. The van der Waals surface area contributed by atoms with Gasteiger partial charge in [0.25, 0.3) is 0 Å². The zero-order chi connectivity index (χ0) is 23.3. The number of carbonyl (C=O) groups is 3. The van der Waals surface area contributed by atoms with Crippen molar-refractivity contribution in [2.45, 2.75) is 39.2 Å². The second-order valence-electron chi connectivity index (χ2n) is 8.60. The second kappa shape index (κ2) is 10.3. The highest BCUT2D eigenvalue weighted by atomic mass is 16.5. The predicted molar refractivity (Wildman–Crippen MR) is 121 cm³/mol. The Morgan fingerprint density at radius 3 is 2.06 bits per heavy atom. The molecule has 2 amide bonds. The van der Waals surface area contributed by atoms with E-state index in [0.29, 0.717) is 6.42 Å². The van der Waals surface area contributed by atoms with E-state index in [4.69, 9.17) is 4.74 Å². The van der Waals surface area contributed by atoms with Crippen molar-refractivity contribution in [2.24, 2.45) is 11.8 Å². The summed E-state index contributed by atoms with van der Waals surface area (Å²) in [7, 11) is 0. The van der Waals surface area contributed by atoms with Crippen LogP contribution in [0, 0.1) is 11.8 Å². The molecule has 2 atom stereocenters. The Hall–Kier alpha value is -3.35. The lowest BCUT2D eigenvalue weighted by Crippen LogP contribution is -2.47. The summed E-state index contributed by atoms with van der Waals surface area (Å²) in [4.78, 5) is 36.0. The number of hydrogen-bond donors (Lipinski definition) is 3. The van der Waals surface area contributed by atoms with E-state index in [9.17, 15) is 19.5 Å². The van der Waals surface area contributed by atoms with Crippen LogP contribution in [0.2, 0.25) is 0 Å². The summed E-state index contributed by atoms with van der Waals surface area (Å²) in [6.45, 7) is 5.57. The molecule has 0 aliphatic heterocycles. The molecule has 0 aromatic heterocycles. The molecule has 7 heteroatoms. The molecule has 0 bridgehead atoms. The SMILES string of the molecule is CC(C)CC(CNC(=O)[C@H](C)NC(=O)OCC1c2ccccc2-c2ccccc21)C(=O)O. The molecule has 3 rings (SSSR count). The standard InChI is InChI=1S/C25H30N2O5/c1-15(2)12-17(24(29)30)13-26-23(28)16(3)27-25(31)32-14-22-20-10-6-4-8-18(20)19-9-5-7-11-21(19)22/h4-11,15-17,22H,12-14H2,1-3H3,(H,26,28)(H,27,31)(H,29,30)/t16-,17?/m0/s1. The van der Waals surface area contributed by atoms with Gasteiger partial charge in [-0.05, 0) is 41.5 Å². The van der Waals surface area contributed by atoms with Crippen LogP contribution in [-0.4, -0.2) is 42.3 Å². The fraction of sp³-hybridized carbons (Fsp3) is 0.400. The highest BCUT2D eigenvalue weighted by Gasteiger charge is 2.29. The molecular formula is C25H30N2O5. The largest absolute Gasteiger partial charge is 0.481 e. The molecule has 1 unspecified atom stereocenters. The number of nitrogens with one attached hydrogen (secondary N) is 2. The molecule has 32 heavy (non-hydrogen) atoms. The predicted octanol–water partition coefficient (Wildman–Crippen LogP) is 3.78. The van der Waals surface area contributed by atoms with E-state index in [1.165, 1.54) is 6.92 Å². The smallest absolute Gasteiger partial charge is 0.407 e. The quantitative estimate of drug-likeness (QED) is 0.553. The van der Waals surface area contributed by atoms with Crippen molar-refractivity contribution in [3.8, 4) is 11.1 Å². The van der Waals surface area contributed by atoms with Gasteiger partial charge in [-0.2, -0.15) is 0 Å². The number of benzene rings is 2. The van der Waals surface area contributed by atoms with Gasteiger partial charge in [-0.1, -0.05) is 62.4 Å². The summed E-state index contributed by atoms with van der Waals surface area (Å²) in [5.41, 5.74) is 4.49. The lowest BCUT2D eigenvalue weighted by molar-refractivity contribution is -0.142. The van der Waals surface area contributed by atoms with Crippen molar-refractivity contribution in [2.75, 3.05) is 13.2 Å². The lowest BCUT2D eigenvalue weighted by Gasteiger charge is -2.19. The minimum atomic E-state index is -0.948. The lowest BCUT2D eigenvalue weighted by atomic mass is 9.97. The Kier molecular flexibility index (Phi) is 7.51. The average Bonchev–Trinajstić information content (AvgIpc) is 3.08. The molecule has 1 aliphatic carbocycles. The summed E-state index contributed by atoms with van der Waals surface area (Å²) in [5.74, 6) is -1.93. The minimum Gasteiger partial charge on any atom is -0.481 e. The van der Waals surface area contributed by atoms with E-state index < -0.39 is 29.9 Å². The number of hydrogen-bond acceptors (Lipinski definition) is 4. The molecule has 0 saturated carbocycles. The first-order valence-corrected chi connectivity index (χ1v) is 10.9. The molecule has 2 aromatic rings. The number of carboxylic acid groups (broad SMARTS) is 1. The van der Waals surface area contributed by atoms with Crippen molar-refractivity contribution >= 4 is 18.0 Å². The Labute approximate surface area is 188 Å². The topological polar surface area (TPSA) is 105 Å². The molecule has 0 radical (unpaired) electrons. The zero-order valence-electron chi connectivity index (χ0n) is 18.6. The van der Waals surface area contributed by atoms with Crippen LogP contribution in [-0.2, 0) is 14.3 Å². The van der Waals surface area contributed by atoms with Crippen LogP contribution < -0.4 is 10.6 Å². The summed E-state index contributed by atoms with van der Waals surface area (Å²) in [6, 6.07) is 15.3. The van der Waals surface area contributed by atoms with Crippen molar-refractivity contribution < 1.29 is 24.2 Å². The van der Waals surface area contributed by atoms with Crippen LogP contribution in [0.25, 0.3) is 11.1 Å². The van der Waals surface area contributed by atoms with Crippen LogP contribution in [0.5, 0.6) is 0 Å². The van der Waals surface area contributed by atoms with E-state index in [1.54, 1.807) is 0 Å². The molecule has 0 saturated heterocycles. The zero-order valence-corrected chi connectivity index (χ0v) is 18.6. The van der Waals surface area contributed by atoms with Gasteiger partial charge in [0, 0.05) is 12.5 Å². The van der Waals surface area contributed by atoms with E-state index in [1.807, 2.05) is 50.2 Å². The molecule has 3 N–H and O–H groups in total. The first-order chi connectivity index (χ1) is 15.3. The van der Waals surface area contributed by atoms with Gasteiger partial charge in [-0.15, -0.1) is 0 Å². The Morgan fingerprint density at radius 1 is 0.969 bits per heavy atom. The monoisotopic (exact) mass is 438 g/mol. The molecule has 7 nitrogen and oxygen atoms in total. The summed E-state index contributed by atoms with van der Waals surface area (Å²) in [6.07, 6.45) is -0.226. The first-order valence-electron chi connectivity index (χ1n) is 10.9. The molecule has 0 heterocycles. The molecule has 1 aliphatic rings. The van der Waals surface area contributed by atoms with Gasteiger partial charge >= 0.3 is 12.1 Å². The van der Waals surface area contributed by atoms with Gasteiger partial charge in [0.05, 0.1) is 5.92 Å². The van der Waals surface area contributed by atoms with Crippen LogP contribution in [0.3, 0.4) is 0 Å². The number of fused-ring (bicyclic) bond motifs is 3. The normalized spacial score (nSPS) is 14.2. The first kappa shape index (κ1) is 23.3. The number of amides is 2. The second-order valence-corrected chi connectivity index (χ2v) is 8.60. The highest BCUT2D eigenvalue weighted by Crippen LogP contribution is 2.44. The third-order valence-corrected chi connectivity index (χ3v) is 5.70. The van der Waals surface area contributed by atoms with Gasteiger partial charge in [0.1, 0.15) is 12.6 Å². The van der Waals surface area contributed by atoms with E-state index in [0.717, 1.165) is 22.3 Å². The Morgan fingerprint density at radius 2 is 1.53 bits per heavy atom. The van der Waals surface area contributed by atoms with Gasteiger partial charge in [0.2, 0.25) is 5.91 Å². The fourth-order valence-electron chi connectivity index (χ4n) is 4.10. The summed E-state index contributed by atoms with van der Waals surface area (Å²) < 4.78 is 5.45. The summed E-state index contributed by atoms with van der Waals surface area (Å²) in [5, 5.41) is 14.4. The van der Waals surface area contributed by atoms with Crippen molar-refractivity contribution in [1.29, 1.82) is 0 Å². The number of carboxylic acids is 1. The minimum absolute atomic E-state index is 0.0169. The van der Waals surface area contributed by atoms with Gasteiger partial charge in [-0.3, -0.25) is 9.59 Å². The number of alkyl carbamates (subject to hydrolysis) is 1. The third kappa shape index (κ3) is 5.46. The molecule has 170 valence electrons. The molecular weight excluding hydrogens is 408 g/mol. The molecule has 0 spiro atoms. The maximum atomic E-state index is 12.3. The van der Waals surface area contributed by atoms with Gasteiger partial charge in [-0.25, -0.2) is 4.79 Å². The summed E-state index contributed by atoms with van der Waals surface area (Å²) >= 11 is 0. The maximum Gasteiger partial charge on any atom is 0.407 e. The highest BCUT2D eigenvalue weighted by molar-refractivity contribution is 5.85. The van der Waals surface area contributed by atoms with E-state index >= 15 is 0 Å². The number of aliphatic carboxylic acids is 1. The van der Waals surface area contributed by atoms with Crippen molar-refractivity contribution in [3.05, 3.63) is 59.7 Å². The maximum absolute atomic E-state index is 12.3. The number of rotatable bonds is 9. The Balaban J connectivity index is 1.53. The van der Waals surface area contributed by atoms with E-state index in [-0.39, 0.29) is 25.0 Å². The average molecular weight is 439 g/mol. The van der Waals surface area contributed by atoms with Gasteiger partial charge in [0.15, 0.2) is 0 Å². The van der Waals surface area contributed by atoms with Crippen molar-refractivity contribution in [1.82, 2.24) is 10.6 Å². The number of carbonyl (C=O) groups excluding carboxylic acids is 2. The third-order valence-electron chi connectivity index (χ3n) is 5.70.